The number of nitrogens with zero attached hydrogens (tertiary/aromatic N) is 1. The first-order valence-corrected chi connectivity index (χ1v) is 6.25. The lowest BCUT2D eigenvalue weighted by Gasteiger charge is -2.29. The highest BCUT2D eigenvalue weighted by molar-refractivity contribution is 6.32. The summed E-state index contributed by atoms with van der Waals surface area (Å²) in [4.78, 5) is 13.0. The van der Waals surface area contributed by atoms with Gasteiger partial charge in [-0.25, -0.2) is 4.79 Å². The highest BCUT2D eigenvalue weighted by Gasteiger charge is 2.23. The molecule has 1 N–H and O–H groups in total. The van der Waals surface area contributed by atoms with Gasteiger partial charge in [0.05, 0.1) is 12.1 Å². The van der Waals surface area contributed by atoms with Crippen LogP contribution in [0.1, 0.15) is 20.3 Å². The molecule has 1 aromatic rings. The average molecular weight is 272 g/mol. The Morgan fingerprint density at radius 1 is 1.50 bits per heavy atom. The fourth-order valence-electron chi connectivity index (χ4n) is 1.95. The van der Waals surface area contributed by atoms with Gasteiger partial charge in [0.1, 0.15) is 11.8 Å². The summed E-state index contributed by atoms with van der Waals surface area (Å²) in [5.41, 5.74) is 0.789. The van der Waals surface area contributed by atoms with E-state index in [0.29, 0.717) is 23.7 Å². The Hall–Kier alpha value is -1.42. The molecule has 0 aliphatic carbocycles. The van der Waals surface area contributed by atoms with Crippen molar-refractivity contribution in [1.82, 2.24) is 0 Å². The van der Waals surface area contributed by atoms with Crippen LogP contribution in [0.2, 0.25) is 5.02 Å². The number of carbonyl (C=O) groups is 1. The van der Waals surface area contributed by atoms with Gasteiger partial charge in [-0.1, -0.05) is 18.5 Å². The van der Waals surface area contributed by atoms with Crippen LogP contribution < -0.4 is 9.64 Å². The summed E-state index contributed by atoms with van der Waals surface area (Å²) in [6.45, 7) is 4.38. The quantitative estimate of drug-likeness (QED) is 0.864. The zero-order chi connectivity index (χ0) is 13.7. The second-order valence-electron chi connectivity index (χ2n) is 3.87. The molecule has 0 unspecified atom stereocenters. The third-order valence-corrected chi connectivity index (χ3v) is 3.15. The second-order valence-corrected chi connectivity index (χ2v) is 4.27. The van der Waals surface area contributed by atoms with Crippen LogP contribution in [0.3, 0.4) is 0 Å². The van der Waals surface area contributed by atoms with E-state index < -0.39 is 12.0 Å². The summed E-state index contributed by atoms with van der Waals surface area (Å²) in [5.74, 6) is -0.244. The Morgan fingerprint density at radius 2 is 2.17 bits per heavy atom. The first-order chi connectivity index (χ1) is 8.54. The third kappa shape index (κ3) is 3.07. The molecule has 18 heavy (non-hydrogen) atoms. The minimum atomic E-state index is -0.828. The summed E-state index contributed by atoms with van der Waals surface area (Å²) in [6.07, 6.45) is 0.535. The number of anilines is 1. The molecular formula is C13H18ClNO3. The van der Waals surface area contributed by atoms with E-state index in [1.165, 1.54) is 0 Å². The van der Waals surface area contributed by atoms with E-state index in [4.69, 9.17) is 16.3 Å². The number of methoxy groups -OCH3 is 1. The maximum Gasteiger partial charge on any atom is 0.326 e. The zero-order valence-corrected chi connectivity index (χ0v) is 11.6. The minimum Gasteiger partial charge on any atom is -0.495 e. The van der Waals surface area contributed by atoms with Crippen molar-refractivity contribution in [3.63, 3.8) is 0 Å². The Morgan fingerprint density at radius 3 is 2.56 bits per heavy atom. The molecule has 0 saturated carbocycles. The predicted octanol–water partition coefficient (Wildman–Crippen LogP) is 3.04. The molecule has 1 rings (SSSR count). The lowest BCUT2D eigenvalue weighted by molar-refractivity contribution is -0.138. The molecule has 0 aliphatic heterocycles. The van der Waals surface area contributed by atoms with E-state index in [0.717, 1.165) is 5.69 Å². The SMILES string of the molecule is CC[C@H](C(=O)O)N(CC)c1ccc(OC)c(Cl)c1. The van der Waals surface area contributed by atoms with Crippen LogP contribution >= 0.6 is 11.6 Å². The van der Waals surface area contributed by atoms with Crippen LogP contribution in [0.4, 0.5) is 5.69 Å². The predicted molar refractivity (Wildman–Crippen MR) is 72.7 cm³/mol. The summed E-state index contributed by atoms with van der Waals surface area (Å²) in [7, 11) is 1.55. The first kappa shape index (κ1) is 14.6. The van der Waals surface area contributed by atoms with E-state index in [2.05, 4.69) is 0 Å². The molecule has 0 heterocycles. The van der Waals surface area contributed by atoms with Crippen LogP contribution in [0.25, 0.3) is 0 Å². The summed E-state index contributed by atoms with van der Waals surface area (Å²) in [5, 5.41) is 9.69. The standard InChI is InChI=1S/C13H18ClNO3/c1-4-11(13(16)17)15(5-2)9-6-7-12(18-3)10(14)8-9/h6-8,11H,4-5H2,1-3H3,(H,16,17)/t11-/m1/s1. The van der Waals surface area contributed by atoms with Gasteiger partial charge < -0.3 is 14.7 Å². The highest BCUT2D eigenvalue weighted by atomic mass is 35.5. The van der Waals surface area contributed by atoms with Gasteiger partial charge in [0, 0.05) is 12.2 Å². The number of rotatable bonds is 6. The van der Waals surface area contributed by atoms with Crippen LogP contribution in [0.5, 0.6) is 5.75 Å². The van der Waals surface area contributed by atoms with Crippen LogP contribution in [0, 0.1) is 0 Å². The van der Waals surface area contributed by atoms with E-state index in [1.807, 2.05) is 24.8 Å². The fourth-order valence-corrected chi connectivity index (χ4v) is 2.20. The molecule has 100 valence electrons. The number of likely N-dealkylation sites (N-methyl/N-ethyl adjacent to an activating group) is 1. The van der Waals surface area contributed by atoms with Crippen molar-refractivity contribution in [2.75, 3.05) is 18.6 Å². The van der Waals surface area contributed by atoms with E-state index in [1.54, 1.807) is 19.2 Å². The Bertz CT molecular complexity index is 423. The molecule has 5 heteroatoms. The molecular weight excluding hydrogens is 254 g/mol. The van der Waals surface area contributed by atoms with Crippen LogP contribution in [-0.4, -0.2) is 30.8 Å². The molecule has 0 spiro atoms. The van der Waals surface area contributed by atoms with Gasteiger partial charge in [-0.05, 0) is 31.5 Å². The lowest BCUT2D eigenvalue weighted by atomic mass is 10.1. The van der Waals surface area contributed by atoms with Gasteiger partial charge in [0.2, 0.25) is 0 Å². The average Bonchev–Trinajstić information content (AvgIpc) is 2.35. The zero-order valence-electron chi connectivity index (χ0n) is 10.8. The van der Waals surface area contributed by atoms with Crippen molar-refractivity contribution in [3.8, 4) is 5.75 Å². The van der Waals surface area contributed by atoms with Crippen LogP contribution in [-0.2, 0) is 4.79 Å². The van der Waals surface area contributed by atoms with Crippen molar-refractivity contribution in [1.29, 1.82) is 0 Å². The smallest absolute Gasteiger partial charge is 0.326 e. The summed E-state index contributed by atoms with van der Waals surface area (Å²) < 4.78 is 5.08. The van der Waals surface area contributed by atoms with Gasteiger partial charge in [0.15, 0.2) is 0 Å². The Balaban J connectivity index is 3.08. The molecule has 1 atom stereocenters. The fraction of sp³-hybridized carbons (Fsp3) is 0.462. The number of halogens is 1. The minimum absolute atomic E-state index is 0.480. The number of carboxylic acid groups (broad SMARTS) is 1. The van der Waals surface area contributed by atoms with Crippen molar-refractivity contribution >= 4 is 23.3 Å². The topological polar surface area (TPSA) is 49.8 Å². The summed E-state index contributed by atoms with van der Waals surface area (Å²) >= 11 is 6.06. The molecule has 4 nitrogen and oxygen atoms in total. The number of benzene rings is 1. The number of hydrogen-bond acceptors (Lipinski definition) is 3. The second kappa shape index (κ2) is 6.50. The maximum absolute atomic E-state index is 11.2. The maximum atomic E-state index is 11.2. The molecule has 0 saturated heterocycles. The van der Waals surface area contributed by atoms with Crippen molar-refractivity contribution in [2.24, 2.45) is 0 Å². The van der Waals surface area contributed by atoms with Crippen molar-refractivity contribution in [2.45, 2.75) is 26.3 Å². The Kier molecular flexibility index (Phi) is 5.28. The molecule has 0 fully saturated rings. The monoisotopic (exact) mass is 271 g/mol. The molecule has 0 aromatic heterocycles. The van der Waals surface area contributed by atoms with E-state index in [9.17, 15) is 9.90 Å². The molecule has 0 radical (unpaired) electrons. The van der Waals surface area contributed by atoms with Gasteiger partial charge in [-0.15, -0.1) is 0 Å². The van der Waals surface area contributed by atoms with E-state index in [-0.39, 0.29) is 0 Å². The van der Waals surface area contributed by atoms with Gasteiger partial charge in [0.25, 0.3) is 0 Å². The number of carboxylic acids is 1. The van der Waals surface area contributed by atoms with Crippen LogP contribution in [0.15, 0.2) is 18.2 Å². The molecule has 0 amide bonds. The highest BCUT2D eigenvalue weighted by Crippen LogP contribution is 2.30. The Labute approximate surface area is 112 Å². The third-order valence-electron chi connectivity index (χ3n) is 2.86. The first-order valence-electron chi connectivity index (χ1n) is 5.88. The number of ether oxygens (including phenoxy) is 1. The van der Waals surface area contributed by atoms with Crippen molar-refractivity contribution in [3.05, 3.63) is 23.2 Å². The molecule has 1 aromatic carbocycles. The van der Waals surface area contributed by atoms with Crippen molar-refractivity contribution < 1.29 is 14.6 Å². The molecule has 0 aliphatic rings. The number of aliphatic carboxylic acids is 1. The largest absolute Gasteiger partial charge is 0.495 e. The van der Waals surface area contributed by atoms with Gasteiger partial charge >= 0.3 is 5.97 Å². The number of hydrogen-bond donors (Lipinski definition) is 1. The normalized spacial score (nSPS) is 12.0. The van der Waals surface area contributed by atoms with Gasteiger partial charge in [-0.2, -0.15) is 0 Å². The molecule has 0 bridgehead atoms. The summed E-state index contributed by atoms with van der Waals surface area (Å²) in [6, 6.07) is 4.75. The van der Waals surface area contributed by atoms with Gasteiger partial charge in [-0.3, -0.25) is 0 Å². The lowest BCUT2D eigenvalue weighted by Crippen LogP contribution is -2.40. The van der Waals surface area contributed by atoms with E-state index >= 15 is 0 Å².